The normalized spacial score (nSPS) is 10.7. The number of rotatable bonds is 0. The molecule has 0 bridgehead atoms. The monoisotopic (exact) mass is 192 g/mol. The van der Waals surface area contributed by atoms with Crippen LogP contribution in [0, 0.1) is 13.8 Å². The number of aromatic nitrogens is 4. The largest absolute Gasteiger partial charge is 0.345 e. The fourth-order valence-electron chi connectivity index (χ4n) is 1.34. The fraction of sp³-hybridized carbons (Fsp3) is 0.250. The fourth-order valence-corrected chi connectivity index (χ4v) is 1.34. The van der Waals surface area contributed by atoms with Crippen molar-refractivity contribution >= 4 is 11.0 Å². The van der Waals surface area contributed by atoms with Crippen molar-refractivity contribution in [2.45, 2.75) is 13.8 Å². The standard InChI is InChI=1S/C8H8N4O2/c1-3-5-6(12-7(13)9-3)4(2)10-8(14)11-5/h1-2H3,(H,9,12,13)(H,10,11,14). The summed E-state index contributed by atoms with van der Waals surface area (Å²) in [4.78, 5) is 34.5. The first-order chi connectivity index (χ1) is 6.58. The minimum atomic E-state index is -0.438. The molecule has 0 fully saturated rings. The topological polar surface area (TPSA) is 91.5 Å². The van der Waals surface area contributed by atoms with Crippen LogP contribution in [0.25, 0.3) is 11.0 Å². The van der Waals surface area contributed by atoms with Gasteiger partial charge in [0.25, 0.3) is 0 Å². The maximum atomic E-state index is 11.1. The lowest BCUT2D eigenvalue weighted by Crippen LogP contribution is -2.18. The summed E-state index contributed by atoms with van der Waals surface area (Å²) in [5.74, 6) is 0. The third-order valence-corrected chi connectivity index (χ3v) is 1.96. The molecule has 2 aromatic heterocycles. The molecule has 0 saturated heterocycles. The quantitative estimate of drug-likeness (QED) is 0.595. The Morgan fingerprint density at radius 1 is 1.00 bits per heavy atom. The highest BCUT2D eigenvalue weighted by molar-refractivity contribution is 5.77. The van der Waals surface area contributed by atoms with Crippen molar-refractivity contribution in [3.63, 3.8) is 0 Å². The van der Waals surface area contributed by atoms with Crippen LogP contribution in [0.3, 0.4) is 0 Å². The van der Waals surface area contributed by atoms with Gasteiger partial charge in [-0.15, -0.1) is 0 Å². The summed E-state index contributed by atoms with van der Waals surface area (Å²) in [6.07, 6.45) is 0. The molecule has 2 N–H and O–H groups in total. The van der Waals surface area contributed by atoms with Gasteiger partial charge >= 0.3 is 11.4 Å². The van der Waals surface area contributed by atoms with Crippen LogP contribution in [0.5, 0.6) is 0 Å². The van der Waals surface area contributed by atoms with Gasteiger partial charge in [0.2, 0.25) is 0 Å². The Morgan fingerprint density at radius 3 is 2.36 bits per heavy atom. The highest BCUT2D eigenvalue weighted by Crippen LogP contribution is 2.08. The Hall–Kier alpha value is -1.98. The zero-order valence-corrected chi connectivity index (χ0v) is 7.71. The number of H-pyrrole nitrogens is 2. The molecule has 0 unspecified atom stereocenters. The molecule has 0 aliphatic heterocycles. The van der Waals surface area contributed by atoms with E-state index >= 15 is 0 Å². The molecule has 0 aromatic carbocycles. The van der Waals surface area contributed by atoms with Crippen molar-refractivity contribution in [1.82, 2.24) is 19.9 Å². The van der Waals surface area contributed by atoms with Crippen molar-refractivity contribution in [3.05, 3.63) is 32.4 Å². The smallest absolute Gasteiger partial charge is 0.308 e. The second-order valence-corrected chi connectivity index (χ2v) is 3.02. The third-order valence-electron chi connectivity index (χ3n) is 1.96. The van der Waals surface area contributed by atoms with Crippen LogP contribution < -0.4 is 11.4 Å². The van der Waals surface area contributed by atoms with Gasteiger partial charge in [-0.25, -0.2) is 9.59 Å². The number of aryl methyl sites for hydroxylation is 2. The molecule has 72 valence electrons. The number of aromatic amines is 2. The number of nitrogens with one attached hydrogen (secondary N) is 2. The molecule has 6 nitrogen and oxygen atoms in total. The van der Waals surface area contributed by atoms with Gasteiger partial charge in [-0.2, -0.15) is 9.97 Å². The van der Waals surface area contributed by atoms with Gasteiger partial charge in [-0.3, -0.25) is 0 Å². The van der Waals surface area contributed by atoms with E-state index in [1.807, 2.05) is 0 Å². The predicted molar refractivity (Wildman–Crippen MR) is 50.3 cm³/mol. The van der Waals surface area contributed by atoms with E-state index in [2.05, 4.69) is 19.9 Å². The number of nitrogens with zero attached hydrogens (tertiary/aromatic N) is 2. The molecule has 14 heavy (non-hydrogen) atoms. The van der Waals surface area contributed by atoms with Crippen LogP contribution in [-0.2, 0) is 0 Å². The molecule has 0 aliphatic rings. The van der Waals surface area contributed by atoms with Crippen molar-refractivity contribution in [2.24, 2.45) is 0 Å². The van der Waals surface area contributed by atoms with Crippen LogP contribution in [0.1, 0.15) is 11.4 Å². The molecule has 0 amide bonds. The van der Waals surface area contributed by atoms with E-state index in [0.29, 0.717) is 22.4 Å². The zero-order chi connectivity index (χ0) is 10.3. The predicted octanol–water partition coefficient (Wildman–Crippen LogP) is -0.377. The first kappa shape index (κ1) is 8.61. The summed E-state index contributed by atoms with van der Waals surface area (Å²) in [7, 11) is 0. The third kappa shape index (κ3) is 1.20. The summed E-state index contributed by atoms with van der Waals surface area (Å²) < 4.78 is 0. The van der Waals surface area contributed by atoms with Crippen LogP contribution in [0.4, 0.5) is 0 Å². The van der Waals surface area contributed by atoms with Gasteiger partial charge in [-0.1, -0.05) is 0 Å². The molecule has 2 heterocycles. The SMILES string of the molecule is Cc1nc(=O)[nH]c2c(C)[nH]c(=O)nc12. The Labute approximate surface area is 78.0 Å². The van der Waals surface area contributed by atoms with Crippen molar-refractivity contribution in [3.8, 4) is 0 Å². The van der Waals surface area contributed by atoms with E-state index < -0.39 is 11.4 Å². The maximum absolute atomic E-state index is 11.1. The molecule has 2 rings (SSSR count). The summed E-state index contributed by atoms with van der Waals surface area (Å²) in [6.45, 7) is 3.34. The lowest BCUT2D eigenvalue weighted by molar-refractivity contribution is 0.997. The Bertz CT molecular complexity index is 555. The second-order valence-electron chi connectivity index (χ2n) is 3.02. The van der Waals surface area contributed by atoms with Crippen LogP contribution >= 0.6 is 0 Å². The average Bonchev–Trinajstić information content (AvgIpc) is 2.07. The van der Waals surface area contributed by atoms with Gasteiger partial charge in [0.1, 0.15) is 5.52 Å². The molecule has 0 spiro atoms. The molecular formula is C8H8N4O2. The van der Waals surface area contributed by atoms with Gasteiger partial charge in [0.15, 0.2) is 0 Å². The highest BCUT2D eigenvalue weighted by Gasteiger charge is 2.05. The first-order valence-electron chi connectivity index (χ1n) is 4.05. The molecule has 0 atom stereocenters. The molecule has 0 saturated carbocycles. The molecule has 0 aliphatic carbocycles. The number of fused-ring (bicyclic) bond motifs is 1. The van der Waals surface area contributed by atoms with Crippen LogP contribution in [0.15, 0.2) is 9.59 Å². The maximum Gasteiger partial charge on any atom is 0.345 e. The van der Waals surface area contributed by atoms with Gasteiger partial charge in [0, 0.05) is 5.69 Å². The molecule has 2 aromatic rings. The van der Waals surface area contributed by atoms with Crippen LogP contribution in [-0.4, -0.2) is 19.9 Å². The van der Waals surface area contributed by atoms with E-state index in [1.54, 1.807) is 13.8 Å². The average molecular weight is 192 g/mol. The van der Waals surface area contributed by atoms with Gasteiger partial charge < -0.3 is 9.97 Å². The molecule has 0 radical (unpaired) electrons. The summed E-state index contributed by atoms with van der Waals surface area (Å²) in [5.41, 5.74) is 1.13. The van der Waals surface area contributed by atoms with Crippen molar-refractivity contribution < 1.29 is 0 Å². The summed E-state index contributed by atoms with van der Waals surface area (Å²) in [5, 5.41) is 0. The highest BCUT2D eigenvalue weighted by atomic mass is 16.1. The minimum absolute atomic E-state index is 0.436. The van der Waals surface area contributed by atoms with Crippen LogP contribution in [0.2, 0.25) is 0 Å². The number of hydrogen-bond donors (Lipinski definition) is 2. The Kier molecular flexibility index (Phi) is 1.70. The Balaban J connectivity index is 3.09. The zero-order valence-electron chi connectivity index (χ0n) is 7.71. The van der Waals surface area contributed by atoms with E-state index in [4.69, 9.17) is 0 Å². The minimum Gasteiger partial charge on any atom is -0.308 e. The van der Waals surface area contributed by atoms with E-state index in [0.717, 1.165) is 0 Å². The summed E-state index contributed by atoms with van der Waals surface area (Å²) >= 11 is 0. The molecular weight excluding hydrogens is 184 g/mol. The Morgan fingerprint density at radius 2 is 1.64 bits per heavy atom. The number of hydrogen-bond acceptors (Lipinski definition) is 4. The van der Waals surface area contributed by atoms with Crippen molar-refractivity contribution in [2.75, 3.05) is 0 Å². The van der Waals surface area contributed by atoms with Gasteiger partial charge in [0.05, 0.1) is 11.2 Å². The lowest BCUT2D eigenvalue weighted by Gasteiger charge is -2.01. The summed E-state index contributed by atoms with van der Waals surface area (Å²) in [6, 6.07) is 0. The second kappa shape index (κ2) is 2.76. The van der Waals surface area contributed by atoms with Crippen molar-refractivity contribution in [1.29, 1.82) is 0 Å². The molecule has 6 heteroatoms. The first-order valence-corrected chi connectivity index (χ1v) is 4.05. The van der Waals surface area contributed by atoms with E-state index in [1.165, 1.54) is 0 Å². The van der Waals surface area contributed by atoms with E-state index in [9.17, 15) is 9.59 Å². The van der Waals surface area contributed by atoms with Gasteiger partial charge in [-0.05, 0) is 13.8 Å². The van der Waals surface area contributed by atoms with E-state index in [-0.39, 0.29) is 0 Å². The lowest BCUT2D eigenvalue weighted by atomic mass is 10.3.